The number of hydrogen-bond donors (Lipinski definition) is 2. The van der Waals surface area contributed by atoms with Gasteiger partial charge in [0.2, 0.25) is 0 Å². The highest BCUT2D eigenvalue weighted by Gasteiger charge is 2.17. The molecule has 0 saturated heterocycles. The number of hydrogen-bond acceptors (Lipinski definition) is 4. The lowest BCUT2D eigenvalue weighted by Crippen LogP contribution is -2.31. The van der Waals surface area contributed by atoms with Crippen LogP contribution in [0.2, 0.25) is 0 Å². The summed E-state index contributed by atoms with van der Waals surface area (Å²) in [6.45, 7) is 5.31. The molecule has 2 amide bonds. The molecule has 3 aromatic rings. The Labute approximate surface area is 157 Å². The number of urea groups is 1. The van der Waals surface area contributed by atoms with Crippen LogP contribution in [0.1, 0.15) is 41.5 Å². The SMILES string of the molecule is CC(=O)c1cccc(NC(=O)N[C@@H](C)c2cnn(-c3ccccn3)c2C)c1. The average molecular weight is 363 g/mol. The van der Waals surface area contributed by atoms with Gasteiger partial charge in [0.15, 0.2) is 11.6 Å². The molecule has 0 unspecified atom stereocenters. The summed E-state index contributed by atoms with van der Waals surface area (Å²) in [4.78, 5) is 28.1. The molecule has 0 spiro atoms. The van der Waals surface area contributed by atoms with E-state index < -0.39 is 0 Å². The van der Waals surface area contributed by atoms with E-state index in [1.165, 1.54) is 6.92 Å². The predicted molar refractivity (Wildman–Crippen MR) is 103 cm³/mol. The number of carbonyl (C=O) groups is 2. The minimum absolute atomic E-state index is 0.0509. The van der Waals surface area contributed by atoms with Crippen molar-refractivity contribution in [2.75, 3.05) is 5.32 Å². The summed E-state index contributed by atoms with van der Waals surface area (Å²) in [5.41, 5.74) is 2.91. The molecule has 0 radical (unpaired) electrons. The topological polar surface area (TPSA) is 88.9 Å². The van der Waals surface area contributed by atoms with Gasteiger partial charge in [-0.2, -0.15) is 5.10 Å². The fourth-order valence-electron chi connectivity index (χ4n) is 2.81. The molecule has 138 valence electrons. The summed E-state index contributed by atoms with van der Waals surface area (Å²) in [5, 5.41) is 10.0. The number of pyridine rings is 1. The van der Waals surface area contributed by atoms with E-state index in [4.69, 9.17) is 0 Å². The molecule has 2 aromatic heterocycles. The van der Waals surface area contributed by atoms with Gasteiger partial charge in [-0.15, -0.1) is 0 Å². The van der Waals surface area contributed by atoms with Crippen molar-refractivity contribution in [3.8, 4) is 5.82 Å². The molecule has 1 atom stereocenters. The van der Waals surface area contributed by atoms with Crippen molar-refractivity contribution in [1.82, 2.24) is 20.1 Å². The first kappa shape index (κ1) is 18.3. The van der Waals surface area contributed by atoms with Crippen LogP contribution in [-0.4, -0.2) is 26.6 Å². The number of rotatable bonds is 5. The molecule has 0 aliphatic rings. The van der Waals surface area contributed by atoms with Crippen molar-refractivity contribution in [2.24, 2.45) is 0 Å². The predicted octanol–water partition coefficient (Wildman–Crippen LogP) is 3.66. The van der Waals surface area contributed by atoms with E-state index in [1.807, 2.05) is 32.0 Å². The Hall–Kier alpha value is -3.48. The summed E-state index contributed by atoms with van der Waals surface area (Å²) in [5.74, 6) is 0.670. The van der Waals surface area contributed by atoms with Crippen molar-refractivity contribution in [1.29, 1.82) is 0 Å². The summed E-state index contributed by atoms with van der Waals surface area (Å²) < 4.78 is 1.74. The highest BCUT2D eigenvalue weighted by Crippen LogP contribution is 2.19. The van der Waals surface area contributed by atoms with Crippen LogP contribution < -0.4 is 10.6 Å². The summed E-state index contributed by atoms with van der Waals surface area (Å²) >= 11 is 0. The van der Waals surface area contributed by atoms with Crippen molar-refractivity contribution >= 4 is 17.5 Å². The third kappa shape index (κ3) is 4.20. The molecule has 0 aliphatic heterocycles. The fourth-order valence-corrected chi connectivity index (χ4v) is 2.81. The molecule has 2 heterocycles. The Balaban J connectivity index is 1.69. The molecular weight excluding hydrogens is 342 g/mol. The number of anilines is 1. The van der Waals surface area contributed by atoms with E-state index in [1.54, 1.807) is 41.3 Å². The van der Waals surface area contributed by atoms with Gasteiger partial charge in [0.1, 0.15) is 0 Å². The number of nitrogens with zero attached hydrogens (tertiary/aromatic N) is 3. The van der Waals surface area contributed by atoms with Gasteiger partial charge in [0.25, 0.3) is 0 Å². The molecular formula is C20H21N5O2. The van der Waals surface area contributed by atoms with E-state index >= 15 is 0 Å². The van der Waals surface area contributed by atoms with Gasteiger partial charge in [-0.1, -0.05) is 18.2 Å². The minimum Gasteiger partial charge on any atom is -0.331 e. The van der Waals surface area contributed by atoms with Crippen LogP contribution in [0.3, 0.4) is 0 Å². The highest BCUT2D eigenvalue weighted by atomic mass is 16.2. The van der Waals surface area contributed by atoms with Crippen molar-refractivity contribution in [3.63, 3.8) is 0 Å². The molecule has 0 fully saturated rings. The van der Waals surface area contributed by atoms with Gasteiger partial charge in [-0.3, -0.25) is 4.79 Å². The minimum atomic E-state index is -0.354. The van der Waals surface area contributed by atoms with Crippen LogP contribution in [-0.2, 0) is 0 Å². The van der Waals surface area contributed by atoms with Gasteiger partial charge in [0.05, 0.1) is 12.2 Å². The first-order valence-electron chi connectivity index (χ1n) is 8.60. The standard InChI is InChI=1S/C20H21N5O2/c1-13(18-12-22-25(14(18)2)19-9-4-5-10-21-19)23-20(27)24-17-8-6-7-16(11-17)15(3)26/h4-13H,1-3H3,(H2,23,24,27)/t13-/m0/s1. The smallest absolute Gasteiger partial charge is 0.319 e. The van der Waals surface area contributed by atoms with E-state index in [0.29, 0.717) is 11.3 Å². The van der Waals surface area contributed by atoms with Gasteiger partial charge in [-0.05, 0) is 45.0 Å². The zero-order valence-electron chi connectivity index (χ0n) is 15.4. The van der Waals surface area contributed by atoms with E-state index in [-0.39, 0.29) is 17.9 Å². The number of benzene rings is 1. The van der Waals surface area contributed by atoms with Crippen molar-refractivity contribution in [2.45, 2.75) is 26.8 Å². The Bertz CT molecular complexity index is 966. The number of aromatic nitrogens is 3. The highest BCUT2D eigenvalue weighted by molar-refractivity contribution is 5.96. The molecule has 0 bridgehead atoms. The molecule has 0 aliphatic carbocycles. The second-order valence-corrected chi connectivity index (χ2v) is 6.24. The number of amides is 2. The fraction of sp³-hybridized carbons (Fsp3) is 0.200. The third-order valence-electron chi connectivity index (χ3n) is 4.26. The van der Waals surface area contributed by atoms with Gasteiger partial charge >= 0.3 is 6.03 Å². The second-order valence-electron chi connectivity index (χ2n) is 6.24. The quantitative estimate of drug-likeness (QED) is 0.677. The summed E-state index contributed by atoms with van der Waals surface area (Å²) in [6.07, 6.45) is 3.44. The molecule has 27 heavy (non-hydrogen) atoms. The first-order valence-corrected chi connectivity index (χ1v) is 8.60. The monoisotopic (exact) mass is 363 g/mol. The van der Waals surface area contributed by atoms with Gasteiger partial charge in [-0.25, -0.2) is 14.5 Å². The lowest BCUT2D eigenvalue weighted by atomic mass is 10.1. The Morgan fingerprint density at radius 1 is 1.15 bits per heavy atom. The Morgan fingerprint density at radius 2 is 1.96 bits per heavy atom. The van der Waals surface area contributed by atoms with E-state index in [2.05, 4.69) is 20.7 Å². The maximum atomic E-state index is 12.3. The van der Waals surface area contributed by atoms with Crippen LogP contribution in [0.4, 0.5) is 10.5 Å². The van der Waals surface area contributed by atoms with E-state index in [0.717, 1.165) is 17.1 Å². The van der Waals surface area contributed by atoms with Crippen LogP contribution in [0.25, 0.3) is 5.82 Å². The molecule has 0 saturated carbocycles. The molecule has 1 aromatic carbocycles. The van der Waals surface area contributed by atoms with Crippen molar-refractivity contribution < 1.29 is 9.59 Å². The Morgan fingerprint density at radius 3 is 2.67 bits per heavy atom. The third-order valence-corrected chi connectivity index (χ3v) is 4.26. The lowest BCUT2D eigenvalue weighted by Gasteiger charge is -2.15. The first-order chi connectivity index (χ1) is 13.0. The zero-order chi connectivity index (χ0) is 19.4. The number of Topliss-reactive ketones (excluding diaryl/α,β-unsaturated/α-hetero) is 1. The van der Waals surface area contributed by atoms with Crippen LogP contribution in [0.15, 0.2) is 54.9 Å². The molecule has 3 rings (SSSR count). The maximum absolute atomic E-state index is 12.3. The van der Waals surface area contributed by atoms with Gasteiger partial charge < -0.3 is 10.6 Å². The molecule has 2 N–H and O–H groups in total. The average Bonchev–Trinajstić information content (AvgIpc) is 3.04. The molecule has 7 heteroatoms. The number of carbonyl (C=O) groups excluding carboxylic acids is 2. The largest absolute Gasteiger partial charge is 0.331 e. The summed E-state index contributed by atoms with van der Waals surface area (Å²) in [6, 6.07) is 11.8. The van der Waals surface area contributed by atoms with Crippen molar-refractivity contribution in [3.05, 3.63) is 71.7 Å². The second kappa shape index (κ2) is 7.82. The van der Waals surface area contributed by atoms with E-state index in [9.17, 15) is 9.59 Å². The maximum Gasteiger partial charge on any atom is 0.319 e. The lowest BCUT2D eigenvalue weighted by molar-refractivity contribution is 0.101. The normalized spacial score (nSPS) is 11.7. The van der Waals surface area contributed by atoms with Crippen LogP contribution in [0.5, 0.6) is 0 Å². The zero-order valence-corrected chi connectivity index (χ0v) is 15.4. The van der Waals surface area contributed by atoms with Crippen LogP contribution >= 0.6 is 0 Å². The summed E-state index contributed by atoms with van der Waals surface area (Å²) in [7, 11) is 0. The molecule has 7 nitrogen and oxygen atoms in total. The number of nitrogens with one attached hydrogen (secondary N) is 2. The van der Waals surface area contributed by atoms with Gasteiger partial charge in [0, 0.05) is 28.7 Å². The Kier molecular flexibility index (Phi) is 5.30. The van der Waals surface area contributed by atoms with Crippen LogP contribution in [0, 0.1) is 6.92 Å². The number of ketones is 1.